The second-order valence-electron chi connectivity index (χ2n) is 12.2. The summed E-state index contributed by atoms with van der Waals surface area (Å²) in [5, 5.41) is 18.5. The average Bonchev–Trinajstić information content (AvgIpc) is 2.86. The molecule has 3 aromatic rings. The van der Waals surface area contributed by atoms with Gasteiger partial charge in [-0.1, -0.05) is 31.5 Å². The van der Waals surface area contributed by atoms with Gasteiger partial charge in [-0.15, -0.1) is 0 Å². The summed E-state index contributed by atoms with van der Waals surface area (Å²) in [4.78, 5) is 23.1. The van der Waals surface area contributed by atoms with Crippen LogP contribution in [0.2, 0.25) is 5.02 Å². The molecule has 0 unspecified atom stereocenters. The van der Waals surface area contributed by atoms with Crippen molar-refractivity contribution in [2.24, 2.45) is 5.41 Å². The molecule has 1 aliphatic heterocycles. The Morgan fingerprint density at radius 1 is 1.12 bits per heavy atom. The van der Waals surface area contributed by atoms with Crippen LogP contribution in [0, 0.1) is 18.2 Å². The first kappa shape index (κ1) is 32.3. The van der Waals surface area contributed by atoms with Crippen LogP contribution in [0.5, 0.6) is 5.75 Å². The summed E-state index contributed by atoms with van der Waals surface area (Å²) in [5.41, 5.74) is 4.48. The van der Waals surface area contributed by atoms with Crippen molar-refractivity contribution in [1.29, 1.82) is 0 Å². The van der Waals surface area contributed by atoms with E-state index in [1.807, 2.05) is 19.1 Å². The highest BCUT2D eigenvalue weighted by atomic mass is 35.5. The Morgan fingerprint density at radius 2 is 1.78 bits per heavy atom. The van der Waals surface area contributed by atoms with Gasteiger partial charge in [-0.25, -0.2) is 4.39 Å². The minimum Gasteiger partial charge on any atom is -0.492 e. The molecule has 41 heavy (non-hydrogen) atoms. The van der Waals surface area contributed by atoms with Gasteiger partial charge < -0.3 is 19.8 Å². The largest absolute Gasteiger partial charge is 0.492 e. The Hall–Kier alpha value is -3.23. The van der Waals surface area contributed by atoms with Gasteiger partial charge in [0.05, 0.1) is 36.2 Å². The van der Waals surface area contributed by atoms with E-state index in [0.29, 0.717) is 29.5 Å². The number of hydrogen-bond donors (Lipinski definition) is 2. The second kappa shape index (κ2) is 13.6. The summed E-state index contributed by atoms with van der Waals surface area (Å²) < 4.78 is 19.1. The fraction of sp³-hybridized carbons (Fsp3) is 0.469. The first-order valence-electron chi connectivity index (χ1n) is 13.8. The van der Waals surface area contributed by atoms with Gasteiger partial charge in [-0.3, -0.25) is 14.8 Å². The lowest BCUT2D eigenvalue weighted by molar-refractivity contribution is -0.136. The van der Waals surface area contributed by atoms with E-state index in [2.05, 4.69) is 28.7 Å². The fourth-order valence-electron chi connectivity index (χ4n) is 4.51. The van der Waals surface area contributed by atoms with Gasteiger partial charge in [0.1, 0.15) is 11.6 Å². The Labute approximate surface area is 247 Å². The van der Waals surface area contributed by atoms with Crippen molar-refractivity contribution in [3.05, 3.63) is 70.4 Å². The molecule has 2 N–H and O–H groups in total. The lowest BCUT2D eigenvalue weighted by Crippen LogP contribution is -2.38. The van der Waals surface area contributed by atoms with Gasteiger partial charge in [0.15, 0.2) is 0 Å². The van der Waals surface area contributed by atoms with Crippen LogP contribution in [0.15, 0.2) is 42.7 Å². The van der Waals surface area contributed by atoms with E-state index in [0.717, 1.165) is 54.0 Å². The van der Waals surface area contributed by atoms with Crippen LogP contribution in [0.3, 0.4) is 0 Å². The molecule has 3 heterocycles. The minimum atomic E-state index is -0.881. The fourth-order valence-corrected chi connectivity index (χ4v) is 4.77. The first-order valence-corrected chi connectivity index (χ1v) is 14.2. The van der Waals surface area contributed by atoms with Crippen molar-refractivity contribution in [2.45, 2.75) is 72.8 Å². The summed E-state index contributed by atoms with van der Waals surface area (Å²) in [6, 6.07) is 8.04. The zero-order valence-electron chi connectivity index (χ0n) is 24.8. The number of aryl methyl sites for hydroxylation is 1. The van der Waals surface area contributed by atoms with Crippen LogP contribution < -0.4 is 9.64 Å². The number of piperidine rings is 1. The van der Waals surface area contributed by atoms with E-state index in [9.17, 15) is 14.3 Å². The first-order chi connectivity index (χ1) is 19.1. The number of benzene rings is 1. The quantitative estimate of drug-likeness (QED) is 0.297. The molecular formula is C32H41ClFN3O4. The van der Waals surface area contributed by atoms with Crippen molar-refractivity contribution in [1.82, 2.24) is 9.97 Å². The van der Waals surface area contributed by atoms with Crippen molar-refractivity contribution in [2.75, 3.05) is 24.6 Å². The molecule has 0 amide bonds. The molecular weight excluding hydrogens is 545 g/mol. The lowest BCUT2D eigenvalue weighted by atomic mass is 9.82. The highest BCUT2D eigenvalue weighted by Gasteiger charge is 2.29. The third-order valence-electron chi connectivity index (χ3n) is 6.79. The standard InChI is InChI=1S/C28H31ClFN3O3.C4H10O/c1-18-22(15-26(34)35)27(33-11-9-28(2,3)10-12-33)23(17-31-18)25-7-6-21(16-32-25)36-13-8-19-4-5-20(30)14-24(19)29;1-4(2,3)5/h4-7,14,16-17H,8-13,15H2,1-3H3,(H,34,35);5H,1-3H3. The Bertz CT molecular complexity index is 1320. The molecule has 1 saturated heterocycles. The molecule has 4 rings (SSSR count). The second-order valence-corrected chi connectivity index (χ2v) is 12.6. The van der Waals surface area contributed by atoms with Crippen LogP contribution in [-0.2, 0) is 17.6 Å². The van der Waals surface area contributed by atoms with E-state index in [4.69, 9.17) is 21.4 Å². The third kappa shape index (κ3) is 9.97. The number of pyridine rings is 2. The van der Waals surface area contributed by atoms with Crippen molar-refractivity contribution in [3.8, 4) is 17.0 Å². The summed E-state index contributed by atoms with van der Waals surface area (Å²) in [5.74, 6) is -0.646. The molecule has 0 saturated carbocycles. The normalized spacial score (nSPS) is 14.7. The third-order valence-corrected chi connectivity index (χ3v) is 7.15. The number of aromatic nitrogens is 2. The summed E-state index contributed by atoms with van der Waals surface area (Å²) in [6.45, 7) is 13.7. The molecule has 1 fully saturated rings. The van der Waals surface area contributed by atoms with Gasteiger partial charge in [0, 0.05) is 47.6 Å². The number of nitrogens with zero attached hydrogens (tertiary/aromatic N) is 3. The van der Waals surface area contributed by atoms with Crippen LogP contribution in [0.25, 0.3) is 11.3 Å². The number of ether oxygens (including phenoxy) is 1. The smallest absolute Gasteiger partial charge is 0.307 e. The number of halogens is 2. The number of carboxylic acid groups (broad SMARTS) is 1. The molecule has 0 bridgehead atoms. The predicted octanol–water partition coefficient (Wildman–Crippen LogP) is 6.90. The van der Waals surface area contributed by atoms with Crippen molar-refractivity contribution >= 4 is 23.3 Å². The van der Waals surface area contributed by atoms with Gasteiger partial charge in [-0.2, -0.15) is 0 Å². The molecule has 0 spiro atoms. The average molecular weight is 586 g/mol. The van der Waals surface area contributed by atoms with Crippen molar-refractivity contribution in [3.63, 3.8) is 0 Å². The number of hydrogen-bond acceptors (Lipinski definition) is 6. The highest BCUT2D eigenvalue weighted by molar-refractivity contribution is 6.31. The zero-order valence-corrected chi connectivity index (χ0v) is 25.6. The Balaban J connectivity index is 0.000000850. The SMILES string of the molecule is CC(C)(C)O.Cc1ncc(-c2ccc(OCCc3ccc(F)cc3Cl)cn2)c(N2CCC(C)(C)CC2)c1CC(=O)O. The molecule has 7 nitrogen and oxygen atoms in total. The molecule has 0 atom stereocenters. The van der Waals surface area contributed by atoms with Crippen LogP contribution in [0.4, 0.5) is 10.1 Å². The van der Waals surface area contributed by atoms with E-state index in [1.165, 1.54) is 12.1 Å². The van der Waals surface area contributed by atoms with E-state index in [1.54, 1.807) is 39.2 Å². The van der Waals surface area contributed by atoms with Gasteiger partial charge >= 0.3 is 5.97 Å². The van der Waals surface area contributed by atoms with Gasteiger partial charge in [0.25, 0.3) is 0 Å². The number of carboxylic acids is 1. The monoisotopic (exact) mass is 585 g/mol. The maximum atomic E-state index is 13.2. The van der Waals surface area contributed by atoms with Crippen LogP contribution >= 0.6 is 11.6 Å². The number of aliphatic carboxylic acids is 1. The Kier molecular flexibility index (Phi) is 10.7. The molecule has 222 valence electrons. The highest BCUT2D eigenvalue weighted by Crippen LogP contribution is 2.39. The molecule has 0 aliphatic carbocycles. The Morgan fingerprint density at radius 3 is 2.34 bits per heavy atom. The maximum Gasteiger partial charge on any atom is 0.307 e. The number of anilines is 1. The van der Waals surface area contributed by atoms with Crippen LogP contribution in [-0.4, -0.2) is 51.4 Å². The maximum absolute atomic E-state index is 13.2. The van der Waals surface area contributed by atoms with E-state index < -0.39 is 11.6 Å². The molecule has 2 aromatic heterocycles. The van der Waals surface area contributed by atoms with Crippen molar-refractivity contribution < 1.29 is 24.1 Å². The lowest BCUT2D eigenvalue weighted by Gasteiger charge is -2.40. The van der Waals surface area contributed by atoms with E-state index >= 15 is 0 Å². The molecule has 1 aliphatic rings. The number of rotatable bonds is 8. The summed E-state index contributed by atoms with van der Waals surface area (Å²) >= 11 is 6.10. The molecule has 9 heteroatoms. The molecule has 0 radical (unpaired) electrons. The van der Waals surface area contributed by atoms with Gasteiger partial charge in [0.2, 0.25) is 0 Å². The summed E-state index contributed by atoms with van der Waals surface area (Å²) in [6.07, 6.45) is 5.94. The van der Waals surface area contributed by atoms with Gasteiger partial charge in [-0.05, 0) is 75.8 Å². The van der Waals surface area contributed by atoms with Crippen LogP contribution in [0.1, 0.15) is 64.3 Å². The topological polar surface area (TPSA) is 95.8 Å². The number of carbonyl (C=O) groups is 1. The number of aliphatic hydroxyl groups is 1. The predicted molar refractivity (Wildman–Crippen MR) is 161 cm³/mol. The molecule has 1 aromatic carbocycles. The summed E-state index contributed by atoms with van der Waals surface area (Å²) in [7, 11) is 0. The minimum absolute atomic E-state index is 0.0883. The van der Waals surface area contributed by atoms with E-state index in [-0.39, 0.29) is 17.7 Å². The zero-order chi connectivity index (χ0) is 30.4.